The molecule has 0 unspecified atom stereocenters. The van der Waals surface area contributed by atoms with Gasteiger partial charge < -0.3 is 5.32 Å². The van der Waals surface area contributed by atoms with Crippen molar-refractivity contribution in [3.8, 4) is 0 Å². The van der Waals surface area contributed by atoms with Crippen LogP contribution in [-0.2, 0) is 4.79 Å². The van der Waals surface area contributed by atoms with Crippen molar-refractivity contribution in [1.82, 2.24) is 0 Å². The molecule has 1 rings (SSSR count). The van der Waals surface area contributed by atoms with E-state index < -0.39 is 16.5 Å². The molecule has 0 radical (unpaired) electrons. The third kappa shape index (κ3) is 4.30. The predicted molar refractivity (Wildman–Crippen MR) is 64.3 cm³/mol. The van der Waals surface area contributed by atoms with Gasteiger partial charge in [0.15, 0.2) is 11.6 Å². The third-order valence-corrected chi connectivity index (χ3v) is 2.21. The van der Waals surface area contributed by atoms with Gasteiger partial charge in [0, 0.05) is 23.0 Å². The number of hydrogen-bond donors (Lipinski definition) is 1. The lowest BCUT2D eigenvalue weighted by molar-refractivity contribution is -0.116. The topological polar surface area (TPSA) is 29.1 Å². The number of alkyl halides is 1. The van der Waals surface area contributed by atoms with Crippen LogP contribution in [0.3, 0.4) is 0 Å². The summed E-state index contributed by atoms with van der Waals surface area (Å²) >= 11 is 5.89. The molecule has 0 saturated heterocycles. The molecular weight excluding hydrogens is 248 g/mol. The highest BCUT2D eigenvalue weighted by Gasteiger charge is 2.19. The van der Waals surface area contributed by atoms with Crippen molar-refractivity contribution in [3.63, 3.8) is 0 Å². The van der Waals surface area contributed by atoms with Gasteiger partial charge in [0.25, 0.3) is 0 Å². The predicted octanol–water partition coefficient (Wildman–Crippen LogP) is 3.62. The van der Waals surface area contributed by atoms with Crippen LogP contribution in [0, 0.1) is 18.6 Å². The van der Waals surface area contributed by atoms with Crippen molar-refractivity contribution in [3.05, 3.63) is 29.3 Å². The lowest BCUT2D eigenvalue weighted by atomic mass is 10.1. The van der Waals surface area contributed by atoms with E-state index in [2.05, 4.69) is 5.32 Å². The van der Waals surface area contributed by atoms with Gasteiger partial charge in [-0.3, -0.25) is 4.79 Å². The number of benzene rings is 1. The van der Waals surface area contributed by atoms with Crippen LogP contribution in [0.5, 0.6) is 0 Å². The fourth-order valence-corrected chi connectivity index (χ4v) is 1.51. The highest BCUT2D eigenvalue weighted by Crippen LogP contribution is 2.21. The standard InChI is InChI=1S/C12H14ClF2NO/c1-7-4-8(5-9(14)11(7)15)16-10(17)6-12(2,3)13/h4-5H,6H2,1-3H3,(H,16,17). The molecule has 1 N–H and O–H groups in total. The van der Waals surface area contributed by atoms with Gasteiger partial charge in [-0.2, -0.15) is 0 Å². The van der Waals surface area contributed by atoms with Crippen LogP contribution in [0.2, 0.25) is 0 Å². The van der Waals surface area contributed by atoms with E-state index >= 15 is 0 Å². The maximum atomic E-state index is 13.1. The van der Waals surface area contributed by atoms with Crippen molar-refractivity contribution in [2.45, 2.75) is 32.1 Å². The van der Waals surface area contributed by atoms with E-state index in [0.29, 0.717) is 0 Å². The molecule has 0 spiro atoms. The van der Waals surface area contributed by atoms with Crippen LogP contribution in [0.25, 0.3) is 0 Å². The fourth-order valence-electron chi connectivity index (χ4n) is 1.39. The largest absolute Gasteiger partial charge is 0.326 e. The van der Waals surface area contributed by atoms with E-state index in [1.54, 1.807) is 13.8 Å². The Kier molecular flexibility index (Phi) is 4.09. The Hall–Kier alpha value is -1.16. The number of halogens is 3. The first kappa shape index (κ1) is 13.9. The van der Waals surface area contributed by atoms with E-state index in [1.165, 1.54) is 13.0 Å². The van der Waals surface area contributed by atoms with Gasteiger partial charge in [-0.05, 0) is 32.4 Å². The van der Waals surface area contributed by atoms with Gasteiger partial charge in [0.2, 0.25) is 5.91 Å². The SMILES string of the molecule is Cc1cc(NC(=O)CC(C)(C)Cl)cc(F)c1F. The number of anilines is 1. The first-order chi connectivity index (χ1) is 7.69. The summed E-state index contributed by atoms with van der Waals surface area (Å²) in [5.74, 6) is -2.22. The Labute approximate surface area is 104 Å². The molecule has 0 aliphatic heterocycles. The van der Waals surface area contributed by atoms with Gasteiger partial charge >= 0.3 is 0 Å². The monoisotopic (exact) mass is 261 g/mol. The van der Waals surface area contributed by atoms with Crippen LogP contribution in [0.15, 0.2) is 12.1 Å². The highest BCUT2D eigenvalue weighted by molar-refractivity contribution is 6.24. The molecule has 0 aliphatic rings. The second-order valence-corrected chi connectivity index (χ2v) is 5.56. The molecule has 94 valence electrons. The number of rotatable bonds is 3. The fraction of sp³-hybridized carbons (Fsp3) is 0.417. The summed E-state index contributed by atoms with van der Waals surface area (Å²) < 4.78 is 26.1. The molecule has 0 atom stereocenters. The van der Waals surface area contributed by atoms with Crippen LogP contribution in [-0.4, -0.2) is 10.8 Å². The summed E-state index contributed by atoms with van der Waals surface area (Å²) in [6.07, 6.45) is 0.0899. The molecule has 17 heavy (non-hydrogen) atoms. The minimum atomic E-state index is -0.981. The second kappa shape index (κ2) is 5.00. The lowest BCUT2D eigenvalue weighted by Gasteiger charge is -2.15. The third-order valence-electron chi connectivity index (χ3n) is 2.07. The maximum Gasteiger partial charge on any atom is 0.226 e. The zero-order chi connectivity index (χ0) is 13.2. The van der Waals surface area contributed by atoms with Crippen LogP contribution in [0.1, 0.15) is 25.8 Å². The summed E-state index contributed by atoms with van der Waals surface area (Å²) in [7, 11) is 0. The Bertz CT molecular complexity index is 418. The number of nitrogens with one attached hydrogen (secondary N) is 1. The Morgan fingerprint density at radius 2 is 2.00 bits per heavy atom. The van der Waals surface area contributed by atoms with Crippen LogP contribution >= 0.6 is 11.6 Å². The summed E-state index contributed by atoms with van der Waals surface area (Å²) in [6, 6.07) is 2.32. The first-order valence-electron chi connectivity index (χ1n) is 5.13. The smallest absolute Gasteiger partial charge is 0.226 e. The van der Waals surface area contributed by atoms with E-state index in [0.717, 1.165) is 6.07 Å². The molecule has 0 aliphatic carbocycles. The Balaban J connectivity index is 2.79. The number of aryl methyl sites for hydroxylation is 1. The number of carbonyl (C=O) groups is 1. The van der Waals surface area contributed by atoms with E-state index in [1.807, 2.05) is 0 Å². The molecule has 0 aromatic heterocycles. The van der Waals surface area contributed by atoms with Crippen molar-refractivity contribution in [2.24, 2.45) is 0 Å². The van der Waals surface area contributed by atoms with Crippen molar-refractivity contribution < 1.29 is 13.6 Å². The Morgan fingerprint density at radius 3 is 2.47 bits per heavy atom. The van der Waals surface area contributed by atoms with Crippen molar-refractivity contribution >= 4 is 23.2 Å². The molecule has 0 heterocycles. The maximum absolute atomic E-state index is 13.1. The molecule has 2 nitrogen and oxygen atoms in total. The second-order valence-electron chi connectivity index (χ2n) is 4.53. The molecule has 0 saturated carbocycles. The summed E-state index contributed by atoms with van der Waals surface area (Å²) in [5, 5.41) is 2.48. The minimum Gasteiger partial charge on any atom is -0.326 e. The summed E-state index contributed by atoms with van der Waals surface area (Å²) in [4.78, 5) is 10.9. The van der Waals surface area contributed by atoms with Crippen LogP contribution < -0.4 is 5.32 Å². The number of hydrogen-bond acceptors (Lipinski definition) is 1. The summed E-state index contributed by atoms with van der Waals surface area (Å²) in [6.45, 7) is 4.83. The first-order valence-corrected chi connectivity index (χ1v) is 5.51. The number of carbonyl (C=O) groups excluding carboxylic acids is 1. The minimum absolute atomic E-state index is 0.0899. The van der Waals surface area contributed by atoms with E-state index in [9.17, 15) is 13.6 Å². The van der Waals surface area contributed by atoms with Crippen LogP contribution in [0.4, 0.5) is 14.5 Å². The van der Waals surface area contributed by atoms with Gasteiger partial charge in [0.05, 0.1) is 0 Å². The Morgan fingerprint density at radius 1 is 1.41 bits per heavy atom. The van der Waals surface area contributed by atoms with Gasteiger partial charge in [-0.1, -0.05) is 0 Å². The van der Waals surface area contributed by atoms with Crippen molar-refractivity contribution in [1.29, 1.82) is 0 Å². The lowest BCUT2D eigenvalue weighted by Crippen LogP contribution is -2.22. The average Bonchev–Trinajstić information content (AvgIpc) is 2.10. The zero-order valence-corrected chi connectivity index (χ0v) is 10.7. The van der Waals surface area contributed by atoms with E-state index in [-0.39, 0.29) is 23.6 Å². The van der Waals surface area contributed by atoms with Gasteiger partial charge in [-0.25, -0.2) is 8.78 Å². The molecule has 1 aromatic carbocycles. The summed E-state index contributed by atoms with van der Waals surface area (Å²) in [5.41, 5.74) is 0.373. The van der Waals surface area contributed by atoms with Gasteiger partial charge in [-0.15, -0.1) is 11.6 Å². The van der Waals surface area contributed by atoms with E-state index in [4.69, 9.17) is 11.6 Å². The molecule has 5 heteroatoms. The molecule has 0 bridgehead atoms. The molecular formula is C12H14ClF2NO. The number of amides is 1. The molecule has 1 aromatic rings. The quantitative estimate of drug-likeness (QED) is 0.828. The molecule has 1 amide bonds. The molecule has 0 fully saturated rings. The van der Waals surface area contributed by atoms with Gasteiger partial charge in [0.1, 0.15) is 0 Å². The zero-order valence-electron chi connectivity index (χ0n) is 9.90. The normalized spacial score (nSPS) is 11.4. The highest BCUT2D eigenvalue weighted by atomic mass is 35.5. The average molecular weight is 262 g/mol. The van der Waals surface area contributed by atoms with Crippen molar-refractivity contribution in [2.75, 3.05) is 5.32 Å².